The second kappa shape index (κ2) is 7.45. The monoisotopic (exact) mass is 362 g/mol. The SMILES string of the molecule is CC(C)(C)c1ccc(Nc2cc(Nc3cccc(C(=O)O)c3)ncn2)cc1. The lowest BCUT2D eigenvalue weighted by Crippen LogP contribution is -2.10. The molecule has 0 amide bonds. The molecular weight excluding hydrogens is 340 g/mol. The van der Waals surface area contributed by atoms with Crippen LogP contribution in [-0.4, -0.2) is 21.0 Å². The van der Waals surface area contributed by atoms with Gasteiger partial charge in [0, 0.05) is 17.4 Å². The fourth-order valence-electron chi connectivity index (χ4n) is 2.57. The van der Waals surface area contributed by atoms with Gasteiger partial charge in [-0.05, 0) is 41.3 Å². The average molecular weight is 362 g/mol. The molecule has 2 aromatic carbocycles. The van der Waals surface area contributed by atoms with Crippen molar-refractivity contribution >= 4 is 29.0 Å². The van der Waals surface area contributed by atoms with Gasteiger partial charge in [0.25, 0.3) is 0 Å². The molecule has 0 unspecified atom stereocenters. The highest BCUT2D eigenvalue weighted by atomic mass is 16.4. The summed E-state index contributed by atoms with van der Waals surface area (Å²) < 4.78 is 0. The number of aromatic nitrogens is 2. The van der Waals surface area contributed by atoms with E-state index in [0.717, 1.165) is 5.69 Å². The van der Waals surface area contributed by atoms with Crippen LogP contribution >= 0.6 is 0 Å². The highest BCUT2D eigenvalue weighted by molar-refractivity contribution is 5.89. The molecule has 0 bridgehead atoms. The van der Waals surface area contributed by atoms with Crippen LogP contribution in [0, 0.1) is 0 Å². The number of nitrogens with zero attached hydrogens (tertiary/aromatic N) is 2. The molecule has 3 N–H and O–H groups in total. The maximum atomic E-state index is 11.1. The van der Waals surface area contributed by atoms with Crippen molar-refractivity contribution in [2.24, 2.45) is 0 Å². The van der Waals surface area contributed by atoms with E-state index in [9.17, 15) is 4.79 Å². The molecule has 0 radical (unpaired) electrons. The number of aromatic carboxylic acids is 1. The summed E-state index contributed by atoms with van der Waals surface area (Å²) in [5.74, 6) is 0.245. The quantitative estimate of drug-likeness (QED) is 0.595. The van der Waals surface area contributed by atoms with Gasteiger partial charge in [-0.15, -0.1) is 0 Å². The zero-order valence-corrected chi connectivity index (χ0v) is 15.5. The first kappa shape index (κ1) is 18.4. The summed E-state index contributed by atoms with van der Waals surface area (Å²) in [6, 6.07) is 16.6. The molecule has 0 atom stereocenters. The minimum Gasteiger partial charge on any atom is -0.478 e. The minimum atomic E-state index is -0.970. The number of rotatable bonds is 5. The first-order chi connectivity index (χ1) is 12.8. The van der Waals surface area contributed by atoms with Crippen LogP contribution < -0.4 is 10.6 Å². The molecule has 1 heterocycles. The molecule has 0 fully saturated rings. The molecule has 27 heavy (non-hydrogen) atoms. The summed E-state index contributed by atoms with van der Waals surface area (Å²) >= 11 is 0. The van der Waals surface area contributed by atoms with Gasteiger partial charge in [-0.2, -0.15) is 0 Å². The third-order valence-electron chi connectivity index (χ3n) is 4.07. The summed E-state index contributed by atoms with van der Waals surface area (Å²) in [5.41, 5.74) is 3.16. The van der Waals surface area contributed by atoms with Crippen molar-refractivity contribution in [3.05, 3.63) is 72.1 Å². The van der Waals surface area contributed by atoms with Crippen LogP contribution in [0.3, 0.4) is 0 Å². The van der Waals surface area contributed by atoms with Gasteiger partial charge >= 0.3 is 5.97 Å². The number of anilines is 4. The van der Waals surface area contributed by atoms with Gasteiger partial charge in [-0.25, -0.2) is 14.8 Å². The third-order valence-corrected chi connectivity index (χ3v) is 4.07. The van der Waals surface area contributed by atoms with E-state index in [2.05, 4.69) is 53.5 Å². The van der Waals surface area contributed by atoms with Crippen LogP contribution in [0.1, 0.15) is 36.7 Å². The molecule has 0 aliphatic rings. The second-order valence-corrected chi connectivity index (χ2v) is 7.25. The molecule has 0 aliphatic heterocycles. The van der Waals surface area contributed by atoms with Crippen molar-refractivity contribution in [3.63, 3.8) is 0 Å². The van der Waals surface area contributed by atoms with Gasteiger partial charge in [0.2, 0.25) is 0 Å². The van der Waals surface area contributed by atoms with E-state index in [-0.39, 0.29) is 11.0 Å². The molecule has 3 rings (SSSR count). The molecule has 138 valence electrons. The van der Waals surface area contributed by atoms with E-state index < -0.39 is 5.97 Å². The van der Waals surface area contributed by atoms with E-state index in [1.165, 1.54) is 11.9 Å². The Morgan fingerprint density at radius 2 is 1.52 bits per heavy atom. The van der Waals surface area contributed by atoms with Crippen LogP contribution in [0.2, 0.25) is 0 Å². The summed E-state index contributed by atoms with van der Waals surface area (Å²) in [4.78, 5) is 19.5. The van der Waals surface area contributed by atoms with Crippen molar-refractivity contribution in [1.82, 2.24) is 9.97 Å². The minimum absolute atomic E-state index is 0.106. The van der Waals surface area contributed by atoms with Crippen molar-refractivity contribution in [1.29, 1.82) is 0 Å². The molecular formula is C21H22N4O2. The Hall–Kier alpha value is -3.41. The fourth-order valence-corrected chi connectivity index (χ4v) is 2.57. The predicted octanol–water partition coefficient (Wildman–Crippen LogP) is 4.96. The lowest BCUT2D eigenvalue weighted by molar-refractivity contribution is 0.0697. The Balaban J connectivity index is 1.74. The second-order valence-electron chi connectivity index (χ2n) is 7.25. The largest absolute Gasteiger partial charge is 0.478 e. The summed E-state index contributed by atoms with van der Waals surface area (Å²) in [5, 5.41) is 15.4. The van der Waals surface area contributed by atoms with Crippen molar-refractivity contribution < 1.29 is 9.90 Å². The Labute approximate surface area is 158 Å². The maximum absolute atomic E-state index is 11.1. The summed E-state index contributed by atoms with van der Waals surface area (Å²) in [7, 11) is 0. The molecule has 0 saturated carbocycles. The average Bonchev–Trinajstić information content (AvgIpc) is 2.62. The smallest absolute Gasteiger partial charge is 0.335 e. The molecule has 1 aromatic heterocycles. The van der Waals surface area contributed by atoms with Crippen LogP contribution in [0.5, 0.6) is 0 Å². The van der Waals surface area contributed by atoms with E-state index in [4.69, 9.17) is 5.11 Å². The number of carboxylic acid groups (broad SMARTS) is 1. The molecule has 6 heteroatoms. The Morgan fingerprint density at radius 3 is 2.11 bits per heavy atom. The molecule has 0 aliphatic carbocycles. The predicted molar refractivity (Wildman–Crippen MR) is 107 cm³/mol. The van der Waals surface area contributed by atoms with E-state index >= 15 is 0 Å². The molecule has 6 nitrogen and oxygen atoms in total. The van der Waals surface area contributed by atoms with Crippen LogP contribution in [0.25, 0.3) is 0 Å². The lowest BCUT2D eigenvalue weighted by Gasteiger charge is -2.19. The van der Waals surface area contributed by atoms with Crippen LogP contribution in [-0.2, 0) is 5.41 Å². The normalized spacial score (nSPS) is 11.1. The molecule has 0 saturated heterocycles. The fraction of sp³-hybridized carbons (Fsp3) is 0.190. The van der Waals surface area contributed by atoms with Gasteiger partial charge in [0.15, 0.2) is 0 Å². The Kier molecular flexibility index (Phi) is 5.07. The summed E-state index contributed by atoms with van der Waals surface area (Å²) in [6.07, 6.45) is 1.45. The van der Waals surface area contributed by atoms with Gasteiger partial charge in [0.1, 0.15) is 18.0 Å². The number of carbonyl (C=O) groups is 1. The third kappa shape index (κ3) is 4.82. The van der Waals surface area contributed by atoms with Gasteiger partial charge in [0.05, 0.1) is 5.56 Å². The number of nitrogens with one attached hydrogen (secondary N) is 2. The topological polar surface area (TPSA) is 87.1 Å². The first-order valence-corrected chi connectivity index (χ1v) is 8.61. The van der Waals surface area contributed by atoms with Gasteiger partial charge in [-0.1, -0.05) is 39.0 Å². The van der Waals surface area contributed by atoms with Crippen molar-refractivity contribution in [3.8, 4) is 0 Å². The number of hydrogen-bond donors (Lipinski definition) is 3. The van der Waals surface area contributed by atoms with E-state index in [1.54, 1.807) is 30.3 Å². The van der Waals surface area contributed by atoms with E-state index in [0.29, 0.717) is 17.3 Å². The van der Waals surface area contributed by atoms with Crippen LogP contribution in [0.4, 0.5) is 23.0 Å². The number of carboxylic acids is 1. The number of benzene rings is 2. The zero-order valence-electron chi connectivity index (χ0n) is 15.5. The van der Waals surface area contributed by atoms with Gasteiger partial charge < -0.3 is 15.7 Å². The molecule has 0 spiro atoms. The Bertz CT molecular complexity index is 947. The zero-order chi connectivity index (χ0) is 19.4. The van der Waals surface area contributed by atoms with E-state index in [1.807, 2.05) is 12.1 Å². The Morgan fingerprint density at radius 1 is 0.889 bits per heavy atom. The van der Waals surface area contributed by atoms with Crippen molar-refractivity contribution in [2.75, 3.05) is 10.6 Å². The van der Waals surface area contributed by atoms with Crippen LogP contribution in [0.15, 0.2) is 60.9 Å². The molecule has 3 aromatic rings. The highest BCUT2D eigenvalue weighted by Gasteiger charge is 2.13. The standard InChI is InChI=1S/C21H22N4O2/c1-21(2,3)15-7-9-16(10-8-15)24-18-12-19(23-13-22-18)25-17-6-4-5-14(11-17)20(26)27/h4-13H,1-3H3,(H,26,27)(H2,22,23,24,25). The number of hydrogen-bond acceptors (Lipinski definition) is 5. The summed E-state index contributed by atoms with van der Waals surface area (Å²) in [6.45, 7) is 6.53. The maximum Gasteiger partial charge on any atom is 0.335 e. The lowest BCUT2D eigenvalue weighted by atomic mass is 9.87. The first-order valence-electron chi connectivity index (χ1n) is 8.61. The van der Waals surface area contributed by atoms with Crippen molar-refractivity contribution in [2.45, 2.75) is 26.2 Å². The van der Waals surface area contributed by atoms with Gasteiger partial charge in [-0.3, -0.25) is 0 Å². The highest BCUT2D eigenvalue weighted by Crippen LogP contribution is 2.25.